The van der Waals surface area contributed by atoms with Crippen LogP contribution in [0.15, 0.2) is 0 Å². The summed E-state index contributed by atoms with van der Waals surface area (Å²) < 4.78 is 30.0. The van der Waals surface area contributed by atoms with Crippen molar-refractivity contribution in [3.8, 4) is 0 Å². The third-order valence-corrected chi connectivity index (χ3v) is 4.82. The molecule has 96 valence electrons. The summed E-state index contributed by atoms with van der Waals surface area (Å²) in [6.45, 7) is 6.90. The van der Waals surface area contributed by atoms with Crippen LogP contribution in [0.1, 0.15) is 46.5 Å². The maximum atomic E-state index is 10.7. The van der Waals surface area contributed by atoms with Crippen molar-refractivity contribution in [2.45, 2.75) is 52.0 Å². The van der Waals surface area contributed by atoms with E-state index in [1.165, 1.54) is 12.8 Å². The minimum absolute atomic E-state index is 0.0318. The Hall–Kier alpha value is -0.130. The molecule has 2 N–H and O–H groups in total. The van der Waals surface area contributed by atoms with Gasteiger partial charge in [0.05, 0.1) is 5.75 Å². The number of hydrogen-bond donors (Lipinski definition) is 2. The van der Waals surface area contributed by atoms with Gasteiger partial charge in [0, 0.05) is 12.1 Å². The largest absolute Gasteiger partial charge is 0.310 e. The van der Waals surface area contributed by atoms with Gasteiger partial charge in [-0.05, 0) is 25.2 Å². The van der Waals surface area contributed by atoms with E-state index in [9.17, 15) is 8.42 Å². The average Bonchev–Trinajstić information content (AvgIpc) is 2.08. The van der Waals surface area contributed by atoms with E-state index in [1.54, 1.807) is 0 Å². The van der Waals surface area contributed by atoms with Crippen molar-refractivity contribution in [1.29, 1.82) is 0 Å². The lowest BCUT2D eigenvalue weighted by atomic mass is 9.64. The summed E-state index contributed by atoms with van der Waals surface area (Å²) in [7, 11) is -3.85. The predicted octanol–water partition coefficient (Wildman–Crippen LogP) is 1.82. The van der Waals surface area contributed by atoms with E-state index in [2.05, 4.69) is 26.1 Å². The molecule has 1 saturated carbocycles. The highest BCUT2D eigenvalue weighted by Gasteiger charge is 2.42. The Kier molecular flexibility index (Phi) is 4.03. The van der Waals surface area contributed by atoms with E-state index >= 15 is 0 Å². The van der Waals surface area contributed by atoms with Gasteiger partial charge in [-0.1, -0.05) is 26.7 Å². The number of rotatable bonds is 4. The molecule has 16 heavy (non-hydrogen) atoms. The molecule has 0 heterocycles. The fraction of sp³-hybridized carbons (Fsp3) is 1.00. The van der Waals surface area contributed by atoms with Crippen LogP contribution in [-0.4, -0.2) is 30.8 Å². The van der Waals surface area contributed by atoms with Crippen LogP contribution in [0.25, 0.3) is 0 Å². The Morgan fingerprint density at radius 1 is 1.19 bits per heavy atom. The fourth-order valence-electron chi connectivity index (χ4n) is 2.44. The molecule has 1 atom stereocenters. The summed E-state index contributed by atoms with van der Waals surface area (Å²) in [5.74, 6) is -0.210. The molecule has 0 radical (unpaired) electrons. The van der Waals surface area contributed by atoms with Crippen molar-refractivity contribution in [3.05, 3.63) is 0 Å². The third kappa shape index (κ3) is 3.43. The van der Waals surface area contributed by atoms with E-state index in [0.29, 0.717) is 6.54 Å². The zero-order chi connectivity index (χ0) is 12.4. The second-order valence-corrected chi connectivity index (χ2v) is 7.21. The van der Waals surface area contributed by atoms with Gasteiger partial charge in [-0.15, -0.1) is 0 Å². The quantitative estimate of drug-likeness (QED) is 0.746. The molecule has 1 fully saturated rings. The molecular weight excluding hydrogens is 226 g/mol. The molecule has 1 unspecified atom stereocenters. The normalized spacial score (nSPS) is 30.2. The zero-order valence-electron chi connectivity index (χ0n) is 10.4. The van der Waals surface area contributed by atoms with Crippen molar-refractivity contribution in [3.63, 3.8) is 0 Å². The van der Waals surface area contributed by atoms with E-state index in [0.717, 1.165) is 12.8 Å². The Morgan fingerprint density at radius 3 is 2.25 bits per heavy atom. The molecule has 5 heteroatoms. The van der Waals surface area contributed by atoms with Gasteiger partial charge in [-0.25, -0.2) is 0 Å². The first-order chi connectivity index (χ1) is 7.16. The van der Waals surface area contributed by atoms with Crippen molar-refractivity contribution in [2.24, 2.45) is 5.41 Å². The first kappa shape index (κ1) is 13.9. The lowest BCUT2D eigenvalue weighted by Gasteiger charge is -2.49. The second-order valence-electron chi connectivity index (χ2n) is 5.64. The van der Waals surface area contributed by atoms with Gasteiger partial charge in [0.15, 0.2) is 0 Å². The summed E-state index contributed by atoms with van der Waals surface area (Å²) in [4.78, 5) is 0. The Morgan fingerprint density at radius 2 is 1.75 bits per heavy atom. The summed E-state index contributed by atoms with van der Waals surface area (Å²) in [5, 5.41) is 3.31. The molecule has 0 aliphatic heterocycles. The standard InChI is InChI=1S/C11H23NO3S/c1-10(2)6-4-5-7-11(10,3)12-8-9-16(13,14)15/h12H,4-9H2,1-3H3,(H,13,14,15). The van der Waals surface area contributed by atoms with Crippen LogP contribution in [0.4, 0.5) is 0 Å². The molecule has 1 rings (SSSR count). The van der Waals surface area contributed by atoms with Gasteiger partial charge >= 0.3 is 0 Å². The first-order valence-corrected chi connectivity index (χ1v) is 7.47. The maximum absolute atomic E-state index is 10.7. The first-order valence-electron chi connectivity index (χ1n) is 5.87. The van der Waals surface area contributed by atoms with Crippen LogP contribution in [0.5, 0.6) is 0 Å². The third-order valence-electron chi connectivity index (χ3n) is 4.10. The van der Waals surface area contributed by atoms with Crippen molar-refractivity contribution >= 4 is 10.1 Å². The van der Waals surface area contributed by atoms with Gasteiger partial charge in [0.25, 0.3) is 10.1 Å². The molecule has 1 aliphatic rings. The smallest absolute Gasteiger partial charge is 0.266 e. The van der Waals surface area contributed by atoms with Crippen molar-refractivity contribution in [2.75, 3.05) is 12.3 Å². The van der Waals surface area contributed by atoms with Crippen LogP contribution in [0.2, 0.25) is 0 Å². The minimum Gasteiger partial charge on any atom is -0.310 e. The predicted molar refractivity (Wildman–Crippen MR) is 65.1 cm³/mol. The molecule has 0 aromatic carbocycles. The van der Waals surface area contributed by atoms with E-state index < -0.39 is 10.1 Å². The minimum atomic E-state index is -3.85. The average molecular weight is 249 g/mol. The van der Waals surface area contributed by atoms with Crippen LogP contribution in [0.3, 0.4) is 0 Å². The van der Waals surface area contributed by atoms with Gasteiger partial charge < -0.3 is 5.32 Å². The lowest BCUT2D eigenvalue weighted by Crippen LogP contribution is -2.56. The monoisotopic (exact) mass is 249 g/mol. The highest BCUT2D eigenvalue weighted by atomic mass is 32.2. The summed E-state index contributed by atoms with van der Waals surface area (Å²) in [5.41, 5.74) is 0.139. The molecule has 0 saturated heterocycles. The summed E-state index contributed by atoms with van der Waals surface area (Å²) in [6, 6.07) is 0. The molecule has 1 aliphatic carbocycles. The van der Waals surface area contributed by atoms with Crippen molar-refractivity contribution in [1.82, 2.24) is 5.32 Å². The molecule has 0 aromatic rings. The number of hydrogen-bond acceptors (Lipinski definition) is 3. The van der Waals surface area contributed by atoms with Crippen molar-refractivity contribution < 1.29 is 13.0 Å². The zero-order valence-corrected chi connectivity index (χ0v) is 11.2. The molecule has 0 bridgehead atoms. The Labute approximate surface area is 98.6 Å². The fourth-order valence-corrected chi connectivity index (χ4v) is 2.80. The van der Waals surface area contributed by atoms with Gasteiger partial charge in [-0.2, -0.15) is 8.42 Å². The molecule has 0 amide bonds. The molecular formula is C11H23NO3S. The summed E-state index contributed by atoms with van der Waals surface area (Å²) >= 11 is 0. The van der Waals surface area contributed by atoms with Gasteiger partial charge in [-0.3, -0.25) is 4.55 Å². The van der Waals surface area contributed by atoms with Crippen LogP contribution in [-0.2, 0) is 10.1 Å². The molecule has 4 nitrogen and oxygen atoms in total. The van der Waals surface area contributed by atoms with Gasteiger partial charge in [0.2, 0.25) is 0 Å². The topological polar surface area (TPSA) is 66.4 Å². The molecule has 0 aromatic heterocycles. The maximum Gasteiger partial charge on any atom is 0.266 e. The van der Waals surface area contributed by atoms with Gasteiger partial charge in [0.1, 0.15) is 0 Å². The lowest BCUT2D eigenvalue weighted by molar-refractivity contribution is 0.0802. The van der Waals surface area contributed by atoms with Crippen LogP contribution < -0.4 is 5.32 Å². The van der Waals surface area contributed by atoms with E-state index in [-0.39, 0.29) is 16.7 Å². The van der Waals surface area contributed by atoms with E-state index in [1.807, 2.05) is 0 Å². The summed E-state index contributed by atoms with van der Waals surface area (Å²) in [6.07, 6.45) is 4.63. The van der Waals surface area contributed by atoms with Crippen LogP contribution in [0, 0.1) is 5.41 Å². The highest BCUT2D eigenvalue weighted by molar-refractivity contribution is 7.85. The Bertz CT molecular complexity index is 337. The van der Waals surface area contributed by atoms with E-state index in [4.69, 9.17) is 4.55 Å². The molecule has 0 spiro atoms. The van der Waals surface area contributed by atoms with Crippen LogP contribution >= 0.6 is 0 Å². The SMILES string of the molecule is CC1(C)CCCCC1(C)NCCS(=O)(=O)O. The Balaban J connectivity index is 2.56. The highest BCUT2D eigenvalue weighted by Crippen LogP contribution is 2.43. The second kappa shape index (κ2) is 4.63. The number of nitrogens with one attached hydrogen (secondary N) is 1.